The third kappa shape index (κ3) is 11.8. The Morgan fingerprint density at radius 3 is 2.29 bits per heavy atom. The highest BCUT2D eigenvalue weighted by atomic mass is 32.3. The van der Waals surface area contributed by atoms with Gasteiger partial charge in [-0.05, 0) is 51.5 Å². The number of alkyl carbamates (subject to hydrolysis) is 1. The molecule has 1 atom stereocenters. The van der Waals surface area contributed by atoms with Gasteiger partial charge in [-0.25, -0.2) is 4.79 Å². The first-order valence-corrected chi connectivity index (χ1v) is 11.9. The molecule has 13 heteroatoms. The first kappa shape index (κ1) is 29.1. The summed E-state index contributed by atoms with van der Waals surface area (Å²) < 4.78 is 34.9. The molecule has 0 aromatic heterocycles. The number of benzene rings is 1. The van der Waals surface area contributed by atoms with Gasteiger partial charge in [0.1, 0.15) is 5.60 Å². The molecule has 1 amide bonds. The summed E-state index contributed by atoms with van der Waals surface area (Å²) in [6.45, 7) is 6.84. The van der Waals surface area contributed by atoms with E-state index in [0.29, 0.717) is 6.54 Å². The van der Waals surface area contributed by atoms with E-state index in [1.54, 1.807) is 0 Å². The Kier molecular flexibility index (Phi) is 11.2. The molecular weight excluding hydrogens is 464 g/mol. The molecule has 192 valence electrons. The second-order valence-corrected chi connectivity index (χ2v) is 9.74. The zero-order chi connectivity index (χ0) is 25.9. The van der Waals surface area contributed by atoms with E-state index in [-0.39, 0.29) is 12.4 Å². The van der Waals surface area contributed by atoms with Crippen molar-refractivity contribution < 1.29 is 26.7 Å². The maximum Gasteiger partial charge on any atom is 0.407 e. The van der Waals surface area contributed by atoms with Crippen molar-refractivity contribution in [1.82, 2.24) is 15.1 Å². The summed E-state index contributed by atoms with van der Waals surface area (Å²) in [4.78, 5) is 17.8. The number of anilines is 1. The number of hydrogen-bond donors (Lipinski definition) is 2. The molecule has 1 aliphatic rings. The second-order valence-electron chi connectivity index (χ2n) is 8.55. The topological polar surface area (TPSA) is 136 Å². The molecule has 1 aromatic carbocycles. The minimum Gasteiger partial charge on any atom is -0.444 e. The van der Waals surface area contributed by atoms with Crippen LogP contribution in [0, 0.1) is 0 Å². The Morgan fingerprint density at radius 1 is 1.21 bits per heavy atom. The number of rotatable bonds is 8. The number of ether oxygens (including phenoxy) is 1. The van der Waals surface area contributed by atoms with Gasteiger partial charge in [-0.1, -0.05) is 0 Å². The normalized spacial score (nSPS) is 15.8. The first-order chi connectivity index (χ1) is 15.7. The Morgan fingerprint density at radius 2 is 1.79 bits per heavy atom. The van der Waals surface area contributed by atoms with E-state index in [4.69, 9.17) is 9.29 Å². The van der Waals surface area contributed by atoms with Crippen LogP contribution >= 0.6 is 0 Å². The minimum absolute atomic E-state index is 0.185. The fourth-order valence-corrected chi connectivity index (χ4v) is 2.62. The van der Waals surface area contributed by atoms with Crippen LogP contribution in [0.4, 0.5) is 16.2 Å². The quantitative estimate of drug-likeness (QED) is 0.313. The molecule has 34 heavy (non-hydrogen) atoms. The van der Waals surface area contributed by atoms with E-state index in [1.807, 2.05) is 88.4 Å². The van der Waals surface area contributed by atoms with E-state index in [2.05, 4.69) is 24.6 Å². The van der Waals surface area contributed by atoms with Gasteiger partial charge in [-0.15, -0.1) is 5.11 Å². The van der Waals surface area contributed by atoms with Crippen LogP contribution < -0.4 is 10.2 Å². The maximum absolute atomic E-state index is 11.7. The molecule has 0 radical (unpaired) electrons. The van der Waals surface area contributed by atoms with Gasteiger partial charge < -0.3 is 24.8 Å². The number of nitrogens with one attached hydrogen (secondary N) is 1. The molecule has 0 spiro atoms. The molecule has 1 aromatic rings. The molecule has 2 N–H and O–H groups in total. The van der Waals surface area contributed by atoms with Crippen molar-refractivity contribution in [2.24, 2.45) is 10.2 Å². The highest BCUT2D eigenvalue weighted by Crippen LogP contribution is 2.21. The summed E-state index contributed by atoms with van der Waals surface area (Å²) in [6.07, 6.45) is 4.17. The predicted molar refractivity (Wildman–Crippen MR) is 130 cm³/mol. The third-order valence-electron chi connectivity index (χ3n) is 4.27. The first-order valence-electron chi connectivity index (χ1n) is 10.6. The van der Waals surface area contributed by atoms with Crippen molar-refractivity contribution in [3.63, 3.8) is 0 Å². The molecule has 0 bridgehead atoms. The summed E-state index contributed by atoms with van der Waals surface area (Å²) in [7, 11) is 2.69. The van der Waals surface area contributed by atoms with Crippen molar-refractivity contribution in [3.8, 4) is 0 Å². The molecule has 0 saturated carbocycles. The van der Waals surface area contributed by atoms with Gasteiger partial charge in [-0.3, -0.25) is 8.74 Å². The van der Waals surface area contributed by atoms with Gasteiger partial charge >= 0.3 is 16.5 Å². The van der Waals surface area contributed by atoms with Gasteiger partial charge in [0.05, 0.1) is 12.8 Å². The molecule has 12 nitrogen and oxygen atoms in total. The van der Waals surface area contributed by atoms with Crippen LogP contribution in [-0.2, 0) is 19.3 Å². The fraction of sp³-hybridized carbons (Fsp3) is 0.571. The van der Waals surface area contributed by atoms with E-state index < -0.39 is 16.0 Å². The van der Waals surface area contributed by atoms with Gasteiger partial charge in [0.25, 0.3) is 0 Å². The van der Waals surface area contributed by atoms with Crippen LogP contribution in [0.25, 0.3) is 0 Å². The molecule has 1 unspecified atom stereocenters. The van der Waals surface area contributed by atoms with Gasteiger partial charge in [0.2, 0.25) is 6.29 Å². The zero-order valence-corrected chi connectivity index (χ0v) is 21.6. The Hall–Kier alpha value is -2.90. The number of hydrogen-bond acceptors (Lipinski definition) is 10. The summed E-state index contributed by atoms with van der Waals surface area (Å²) in [5.74, 6) is 0. The molecule has 1 aliphatic heterocycles. The average Bonchev–Trinajstić information content (AvgIpc) is 3.08. The van der Waals surface area contributed by atoms with E-state index in [0.717, 1.165) is 31.5 Å². The average molecular weight is 501 g/mol. The summed E-state index contributed by atoms with van der Waals surface area (Å²) in [6, 6.07) is 7.95. The Balaban J connectivity index is 0.000000852. The lowest BCUT2D eigenvalue weighted by atomic mass is 10.2. The van der Waals surface area contributed by atoms with Gasteiger partial charge in [0, 0.05) is 52.3 Å². The molecule has 1 heterocycles. The number of carbonyl (C=O) groups is 1. The lowest BCUT2D eigenvalue weighted by Gasteiger charge is -2.26. The standard InChI is InChI=1S/C20H32N6O2.CH4O4S/c1-20(2,3)28-19(27)21-12-7-13-26-15-14-25(6)18(26)23-22-16-8-10-17(11-9-16)24(4)5;1-5-6(2,3)4/h8-11,14-15,18H,7,12-13H2,1-6H3,(H,21,27);1H3,(H,2,3,4). The van der Waals surface area contributed by atoms with Gasteiger partial charge in [-0.2, -0.15) is 13.5 Å². The van der Waals surface area contributed by atoms with Crippen molar-refractivity contribution in [1.29, 1.82) is 0 Å². The SMILES string of the molecule is CN(C)c1ccc(N=NC2N(C)C=CN2CCCNC(=O)OC(C)(C)C)cc1.COS(=O)(=O)O. The number of azo groups is 1. The number of carbonyl (C=O) groups excluding carboxylic acids is 1. The van der Waals surface area contributed by atoms with Crippen molar-refractivity contribution in [2.75, 3.05) is 46.2 Å². The highest BCUT2D eigenvalue weighted by Gasteiger charge is 2.23. The zero-order valence-electron chi connectivity index (χ0n) is 20.8. The van der Waals surface area contributed by atoms with Crippen LogP contribution in [0.1, 0.15) is 27.2 Å². The van der Waals surface area contributed by atoms with Crippen LogP contribution in [0.2, 0.25) is 0 Å². The fourth-order valence-electron chi connectivity index (χ4n) is 2.62. The molecule has 0 aliphatic carbocycles. The monoisotopic (exact) mass is 500 g/mol. The van der Waals surface area contributed by atoms with Crippen LogP contribution in [-0.4, -0.2) is 82.1 Å². The lowest BCUT2D eigenvalue weighted by molar-refractivity contribution is 0.0525. The Labute approximate surface area is 202 Å². The van der Waals surface area contributed by atoms with Crippen molar-refractivity contribution in [3.05, 3.63) is 36.7 Å². The molecule has 0 fully saturated rings. The Bertz CT molecular complexity index is 928. The summed E-state index contributed by atoms with van der Waals surface area (Å²) in [5.41, 5.74) is 1.45. The van der Waals surface area contributed by atoms with Crippen LogP contribution in [0.3, 0.4) is 0 Å². The predicted octanol–water partition coefficient (Wildman–Crippen LogP) is 3.19. The van der Waals surface area contributed by atoms with Crippen molar-refractivity contribution >= 4 is 27.9 Å². The second kappa shape index (κ2) is 13.1. The smallest absolute Gasteiger partial charge is 0.407 e. The third-order valence-corrected chi connectivity index (χ3v) is 4.69. The largest absolute Gasteiger partial charge is 0.444 e. The van der Waals surface area contributed by atoms with Crippen LogP contribution in [0.5, 0.6) is 0 Å². The molecule has 0 saturated heterocycles. The summed E-state index contributed by atoms with van der Waals surface area (Å²) in [5, 5.41) is 11.6. The number of amides is 1. The molecule has 2 rings (SSSR count). The van der Waals surface area contributed by atoms with E-state index in [9.17, 15) is 13.2 Å². The van der Waals surface area contributed by atoms with Gasteiger partial charge in [0.15, 0.2) is 0 Å². The van der Waals surface area contributed by atoms with E-state index in [1.165, 1.54) is 0 Å². The molecular formula is C21H36N6O6S. The van der Waals surface area contributed by atoms with Crippen LogP contribution in [0.15, 0.2) is 46.9 Å². The van der Waals surface area contributed by atoms with Crippen molar-refractivity contribution in [2.45, 2.75) is 39.1 Å². The lowest BCUT2D eigenvalue weighted by Crippen LogP contribution is -2.37. The maximum atomic E-state index is 11.7. The number of nitrogens with zero attached hydrogens (tertiary/aromatic N) is 5. The van der Waals surface area contributed by atoms with E-state index >= 15 is 0 Å². The highest BCUT2D eigenvalue weighted by molar-refractivity contribution is 7.80. The summed E-state index contributed by atoms with van der Waals surface area (Å²) >= 11 is 0. The minimum atomic E-state index is -4.16.